The molecular formula is C33H53NO7Si. The number of hydrogen-bond donors (Lipinski definition) is 1. The zero-order valence-electron chi connectivity index (χ0n) is 27.2. The van der Waals surface area contributed by atoms with Gasteiger partial charge in [-0.3, -0.25) is 19.7 Å². The molecule has 9 heteroatoms. The second-order valence-corrected chi connectivity index (χ2v) is 18.2. The molecule has 2 rings (SSSR count). The summed E-state index contributed by atoms with van der Waals surface area (Å²) < 4.78 is 18.8. The van der Waals surface area contributed by atoms with Gasteiger partial charge in [0, 0.05) is 38.4 Å². The third kappa shape index (κ3) is 10.7. The molecule has 0 radical (unpaired) electrons. The number of esters is 1. The van der Waals surface area contributed by atoms with Crippen LogP contribution in [0.4, 0.5) is 0 Å². The summed E-state index contributed by atoms with van der Waals surface area (Å²) in [6.07, 6.45) is 11.6. The van der Waals surface area contributed by atoms with Gasteiger partial charge in [-0.05, 0) is 62.2 Å². The van der Waals surface area contributed by atoms with Gasteiger partial charge in [-0.1, -0.05) is 58.9 Å². The monoisotopic (exact) mass is 603 g/mol. The van der Waals surface area contributed by atoms with Crippen LogP contribution in [0.25, 0.3) is 0 Å². The molecule has 1 unspecified atom stereocenters. The molecule has 2 aliphatic rings. The van der Waals surface area contributed by atoms with Crippen molar-refractivity contribution in [3.63, 3.8) is 0 Å². The van der Waals surface area contributed by atoms with Crippen LogP contribution in [0.5, 0.6) is 0 Å². The summed E-state index contributed by atoms with van der Waals surface area (Å²) in [5.74, 6) is -1.71. The number of methoxy groups -OCH3 is 1. The summed E-state index contributed by atoms with van der Waals surface area (Å²) >= 11 is 0. The third-order valence-corrected chi connectivity index (χ3v) is 13.3. The maximum atomic E-state index is 13.4. The van der Waals surface area contributed by atoms with Crippen molar-refractivity contribution in [3.05, 3.63) is 36.0 Å². The second-order valence-electron chi connectivity index (χ2n) is 13.5. The van der Waals surface area contributed by atoms with E-state index in [9.17, 15) is 19.2 Å². The highest BCUT2D eigenvalue weighted by molar-refractivity contribution is 6.74. The standard InChI is InChI=1S/C33H53NO7Si/c1-22-19-23(2)32(41-42(8,9)33(4,5)6)27(39-7)17-12-10-11-13-18-30(38)40-31(22)24(3)26(35)16-14-15-25-20-28(36)34-29(37)21-25/h12-13,17-19,23-25,27,31-32H,10-11,14-16,20-21H2,1-9H3,(H,34,36,37)/t23-,24-,27+,31?,32+/m1/s1. The molecule has 0 aromatic rings. The fourth-order valence-electron chi connectivity index (χ4n) is 5.29. The first-order valence-corrected chi connectivity index (χ1v) is 18.2. The Labute approximate surface area is 253 Å². The van der Waals surface area contributed by atoms with E-state index < -0.39 is 26.3 Å². The molecule has 5 atom stereocenters. The number of rotatable bonds is 9. The van der Waals surface area contributed by atoms with E-state index in [0.717, 1.165) is 12.0 Å². The number of amides is 2. The number of cyclic esters (lactones) is 1. The lowest BCUT2D eigenvalue weighted by Gasteiger charge is -2.42. The van der Waals surface area contributed by atoms with E-state index in [1.54, 1.807) is 20.1 Å². The van der Waals surface area contributed by atoms with Gasteiger partial charge in [-0.2, -0.15) is 0 Å². The van der Waals surface area contributed by atoms with Crippen molar-refractivity contribution < 1.29 is 33.1 Å². The van der Waals surface area contributed by atoms with Gasteiger partial charge < -0.3 is 13.9 Å². The molecule has 0 aliphatic carbocycles. The van der Waals surface area contributed by atoms with E-state index in [1.165, 1.54) is 6.08 Å². The molecule has 1 fully saturated rings. The summed E-state index contributed by atoms with van der Waals surface area (Å²) in [5, 5.41) is 2.33. The molecule has 0 spiro atoms. The minimum absolute atomic E-state index is 0.00504. The molecule has 2 aliphatic heterocycles. The van der Waals surface area contributed by atoms with Gasteiger partial charge in [-0.15, -0.1) is 0 Å². The predicted octanol–water partition coefficient (Wildman–Crippen LogP) is 6.22. The molecule has 0 aromatic carbocycles. The summed E-state index contributed by atoms with van der Waals surface area (Å²) in [6, 6.07) is 0. The third-order valence-electron chi connectivity index (χ3n) is 8.87. The fraction of sp³-hybridized carbons (Fsp3) is 0.697. The van der Waals surface area contributed by atoms with E-state index in [2.05, 4.69) is 64.3 Å². The summed E-state index contributed by atoms with van der Waals surface area (Å²) in [7, 11) is -0.470. The van der Waals surface area contributed by atoms with Crippen molar-refractivity contribution in [3.8, 4) is 0 Å². The van der Waals surface area contributed by atoms with Gasteiger partial charge in [0.25, 0.3) is 0 Å². The zero-order valence-corrected chi connectivity index (χ0v) is 28.2. The molecule has 8 nitrogen and oxygen atoms in total. The summed E-state index contributed by atoms with van der Waals surface area (Å²) in [5.41, 5.74) is 0.791. The van der Waals surface area contributed by atoms with Crippen LogP contribution in [0.15, 0.2) is 36.0 Å². The molecule has 0 saturated carbocycles. The molecular weight excluding hydrogens is 550 g/mol. The van der Waals surface area contributed by atoms with E-state index in [-0.39, 0.29) is 53.1 Å². The highest BCUT2D eigenvalue weighted by Gasteiger charge is 2.42. The number of ether oxygens (including phenoxy) is 2. The lowest BCUT2D eigenvalue weighted by atomic mass is 9.86. The van der Waals surface area contributed by atoms with Crippen molar-refractivity contribution in [2.45, 2.75) is 123 Å². The highest BCUT2D eigenvalue weighted by Crippen LogP contribution is 2.39. The smallest absolute Gasteiger partial charge is 0.331 e. The average molecular weight is 604 g/mol. The van der Waals surface area contributed by atoms with Crippen LogP contribution < -0.4 is 5.32 Å². The van der Waals surface area contributed by atoms with Crippen molar-refractivity contribution in [2.75, 3.05) is 7.11 Å². The fourth-order valence-corrected chi connectivity index (χ4v) is 6.68. The Hall–Kier alpha value is -2.36. The second kappa shape index (κ2) is 15.9. The van der Waals surface area contributed by atoms with Crippen LogP contribution >= 0.6 is 0 Å². The van der Waals surface area contributed by atoms with Gasteiger partial charge in [0.1, 0.15) is 18.0 Å². The number of nitrogens with one attached hydrogen (secondary N) is 1. The topological polar surface area (TPSA) is 108 Å². The molecule has 42 heavy (non-hydrogen) atoms. The number of ketones is 1. The van der Waals surface area contributed by atoms with Crippen molar-refractivity contribution in [1.29, 1.82) is 0 Å². The van der Waals surface area contributed by atoms with Crippen LogP contribution in [0.3, 0.4) is 0 Å². The van der Waals surface area contributed by atoms with Gasteiger partial charge in [0.05, 0.1) is 12.0 Å². The van der Waals surface area contributed by atoms with Crippen LogP contribution in [0.1, 0.15) is 86.5 Å². The number of piperidine rings is 1. The SMILES string of the molecule is CO[C@H]1C=CCCC=CC(=O)OC([C@H](C)C(=O)CCCC2CC(=O)NC(=O)C2)C(C)=C[C@@H](C)[C@@H]1O[Si](C)(C)C(C)(C)C. The molecule has 1 N–H and O–H groups in total. The molecule has 2 heterocycles. The Morgan fingerprint density at radius 2 is 1.74 bits per heavy atom. The number of hydrogen-bond acceptors (Lipinski definition) is 7. The number of carbonyl (C=O) groups excluding carboxylic acids is 4. The van der Waals surface area contributed by atoms with Crippen molar-refractivity contribution in [2.24, 2.45) is 17.8 Å². The Morgan fingerprint density at radius 1 is 1.12 bits per heavy atom. The Bertz CT molecular complexity index is 1040. The van der Waals surface area contributed by atoms with Gasteiger partial charge in [0.2, 0.25) is 11.8 Å². The maximum Gasteiger partial charge on any atom is 0.331 e. The number of Topliss-reactive ketones (excluding diaryl/α,β-unsaturated/α-hetero) is 1. The molecule has 0 bridgehead atoms. The summed E-state index contributed by atoms with van der Waals surface area (Å²) in [6.45, 7) is 16.9. The molecule has 236 valence electrons. The first-order chi connectivity index (χ1) is 19.6. The van der Waals surface area contributed by atoms with E-state index >= 15 is 0 Å². The molecule has 1 saturated heterocycles. The van der Waals surface area contributed by atoms with Gasteiger partial charge in [-0.25, -0.2) is 4.79 Å². The van der Waals surface area contributed by atoms with Crippen molar-refractivity contribution >= 4 is 31.9 Å². The quantitative estimate of drug-likeness (QED) is 0.144. The van der Waals surface area contributed by atoms with Gasteiger partial charge >= 0.3 is 5.97 Å². The van der Waals surface area contributed by atoms with Crippen LogP contribution in [-0.2, 0) is 33.1 Å². The molecule has 0 aromatic heterocycles. The number of allylic oxidation sites excluding steroid dienone is 2. The van der Waals surface area contributed by atoms with Crippen LogP contribution in [0, 0.1) is 17.8 Å². The maximum absolute atomic E-state index is 13.4. The predicted molar refractivity (Wildman–Crippen MR) is 167 cm³/mol. The normalized spacial score (nSPS) is 26.2. The molecule has 2 amide bonds. The Kier molecular flexibility index (Phi) is 13.6. The largest absolute Gasteiger partial charge is 0.454 e. The minimum atomic E-state index is -2.17. The lowest BCUT2D eigenvalue weighted by molar-refractivity contribution is -0.145. The summed E-state index contributed by atoms with van der Waals surface area (Å²) in [4.78, 5) is 49.5. The van der Waals surface area contributed by atoms with E-state index in [1.807, 2.05) is 6.92 Å². The van der Waals surface area contributed by atoms with Gasteiger partial charge in [0.15, 0.2) is 8.32 Å². The Balaban J connectivity index is 2.31. The van der Waals surface area contributed by atoms with E-state index in [0.29, 0.717) is 32.1 Å². The van der Waals surface area contributed by atoms with Crippen LogP contribution in [-0.4, -0.2) is 57.3 Å². The lowest BCUT2D eigenvalue weighted by Crippen LogP contribution is -2.49. The minimum Gasteiger partial charge on any atom is -0.454 e. The average Bonchev–Trinajstić information content (AvgIpc) is 2.88. The first kappa shape index (κ1) is 35.8. The first-order valence-electron chi connectivity index (χ1n) is 15.3. The Morgan fingerprint density at radius 3 is 2.33 bits per heavy atom. The highest BCUT2D eigenvalue weighted by atomic mass is 28.4. The number of carbonyl (C=O) groups is 4. The zero-order chi connectivity index (χ0) is 31.7. The van der Waals surface area contributed by atoms with Crippen LogP contribution in [0.2, 0.25) is 18.1 Å². The van der Waals surface area contributed by atoms with Crippen molar-refractivity contribution in [1.82, 2.24) is 5.32 Å². The number of imide groups is 1. The van der Waals surface area contributed by atoms with E-state index in [4.69, 9.17) is 13.9 Å².